The zero-order valence-corrected chi connectivity index (χ0v) is 17.8. The van der Waals surface area contributed by atoms with Crippen molar-refractivity contribution in [3.63, 3.8) is 0 Å². The third-order valence-electron chi connectivity index (χ3n) is 4.88. The Balaban J connectivity index is 1.75. The summed E-state index contributed by atoms with van der Waals surface area (Å²) in [5.74, 6) is 0.458. The Kier molecular flexibility index (Phi) is 6.00. The largest absolute Gasteiger partial charge is 0.467 e. The van der Waals surface area contributed by atoms with Gasteiger partial charge in [-0.15, -0.1) is 0 Å². The number of furan rings is 1. The van der Waals surface area contributed by atoms with Crippen molar-refractivity contribution in [3.8, 4) is 0 Å². The van der Waals surface area contributed by atoms with Crippen LogP contribution in [0.2, 0.25) is 0 Å². The lowest BCUT2D eigenvalue weighted by Crippen LogP contribution is -2.47. The van der Waals surface area contributed by atoms with Gasteiger partial charge in [0.1, 0.15) is 17.4 Å². The Morgan fingerprint density at radius 3 is 2.76 bits per heavy atom. The van der Waals surface area contributed by atoms with Crippen LogP contribution in [0.3, 0.4) is 0 Å². The summed E-state index contributed by atoms with van der Waals surface area (Å²) < 4.78 is 12.6. The number of aromatic nitrogens is 2. The molecule has 8 nitrogen and oxygen atoms in total. The molecule has 1 aliphatic rings. The van der Waals surface area contributed by atoms with Crippen LogP contribution in [0.4, 0.5) is 4.79 Å². The lowest BCUT2D eigenvalue weighted by Gasteiger charge is -2.26. The molecule has 0 aliphatic heterocycles. The van der Waals surface area contributed by atoms with Gasteiger partial charge in [0.15, 0.2) is 0 Å². The molecule has 2 aromatic rings. The van der Waals surface area contributed by atoms with Gasteiger partial charge in [0.25, 0.3) is 0 Å². The van der Waals surface area contributed by atoms with Gasteiger partial charge in [0.2, 0.25) is 5.91 Å². The molecular formula is C21H30N4O4. The van der Waals surface area contributed by atoms with Crippen LogP contribution in [-0.2, 0) is 42.5 Å². The molecule has 0 aromatic carbocycles. The molecule has 0 fully saturated rings. The second kappa shape index (κ2) is 8.31. The Bertz CT molecular complexity index is 864. The number of hydrogen-bond acceptors (Lipinski definition) is 5. The minimum Gasteiger partial charge on any atom is -0.467 e. The average molecular weight is 402 g/mol. The number of aryl methyl sites for hydroxylation is 1. The molecule has 0 radical (unpaired) electrons. The topological polar surface area (TPSA) is 89.6 Å². The Labute approximate surface area is 171 Å². The number of amides is 2. The van der Waals surface area contributed by atoms with E-state index in [1.165, 1.54) is 11.3 Å². The number of nitrogens with zero attached hydrogens (tertiary/aromatic N) is 3. The fraction of sp³-hybridized carbons (Fsp3) is 0.571. The summed E-state index contributed by atoms with van der Waals surface area (Å²) in [5, 5.41) is 7.26. The van der Waals surface area contributed by atoms with Crippen LogP contribution in [-0.4, -0.2) is 38.3 Å². The first-order valence-electron chi connectivity index (χ1n) is 9.98. The van der Waals surface area contributed by atoms with Crippen molar-refractivity contribution in [2.75, 3.05) is 0 Å². The van der Waals surface area contributed by atoms with Crippen LogP contribution >= 0.6 is 0 Å². The Morgan fingerprint density at radius 1 is 1.34 bits per heavy atom. The van der Waals surface area contributed by atoms with Gasteiger partial charge in [-0.1, -0.05) is 0 Å². The van der Waals surface area contributed by atoms with Crippen molar-refractivity contribution in [2.24, 2.45) is 7.05 Å². The molecule has 0 bridgehead atoms. The molecular weight excluding hydrogens is 372 g/mol. The summed E-state index contributed by atoms with van der Waals surface area (Å²) in [6.07, 6.45) is 4.07. The number of alkyl carbamates (subject to hydrolysis) is 1. The highest BCUT2D eigenvalue weighted by Gasteiger charge is 2.28. The van der Waals surface area contributed by atoms with Crippen LogP contribution in [0.15, 0.2) is 22.8 Å². The molecule has 0 saturated heterocycles. The minimum atomic E-state index is -0.739. The number of fused-ring (bicyclic) bond motifs is 1. The van der Waals surface area contributed by atoms with E-state index in [2.05, 4.69) is 10.4 Å². The summed E-state index contributed by atoms with van der Waals surface area (Å²) in [6, 6.07) is 2.88. The minimum absolute atomic E-state index is 0.218. The summed E-state index contributed by atoms with van der Waals surface area (Å²) in [6.45, 7) is 7.67. The molecule has 2 heterocycles. The zero-order chi connectivity index (χ0) is 21.2. The van der Waals surface area contributed by atoms with E-state index in [-0.39, 0.29) is 5.91 Å². The molecule has 3 rings (SSSR count). The second-order valence-electron chi connectivity index (χ2n) is 8.49. The van der Waals surface area contributed by atoms with Crippen LogP contribution in [0, 0.1) is 0 Å². The molecule has 1 N–H and O–H groups in total. The van der Waals surface area contributed by atoms with Gasteiger partial charge in [0.05, 0.1) is 25.0 Å². The summed E-state index contributed by atoms with van der Waals surface area (Å²) >= 11 is 0. The summed E-state index contributed by atoms with van der Waals surface area (Å²) in [7, 11) is 1.94. The highest BCUT2D eigenvalue weighted by atomic mass is 16.6. The van der Waals surface area contributed by atoms with Gasteiger partial charge in [-0.05, 0) is 64.7 Å². The highest BCUT2D eigenvalue weighted by molar-refractivity contribution is 5.85. The predicted molar refractivity (Wildman–Crippen MR) is 107 cm³/mol. The first-order chi connectivity index (χ1) is 13.6. The monoisotopic (exact) mass is 402 g/mol. The van der Waals surface area contributed by atoms with Crippen molar-refractivity contribution in [1.29, 1.82) is 0 Å². The number of ether oxygens (including phenoxy) is 1. The van der Waals surface area contributed by atoms with Gasteiger partial charge in [-0.3, -0.25) is 9.48 Å². The summed E-state index contributed by atoms with van der Waals surface area (Å²) in [5.41, 5.74) is 2.75. The first kappa shape index (κ1) is 21.0. The van der Waals surface area contributed by atoms with Crippen molar-refractivity contribution in [1.82, 2.24) is 20.0 Å². The van der Waals surface area contributed by atoms with E-state index in [0.29, 0.717) is 18.8 Å². The molecule has 1 atom stereocenters. The maximum atomic E-state index is 13.2. The van der Waals surface area contributed by atoms with Crippen LogP contribution < -0.4 is 5.32 Å². The van der Waals surface area contributed by atoms with Crippen molar-refractivity contribution < 1.29 is 18.7 Å². The van der Waals surface area contributed by atoms with Gasteiger partial charge < -0.3 is 19.4 Å². The zero-order valence-electron chi connectivity index (χ0n) is 17.8. The average Bonchev–Trinajstić information content (AvgIpc) is 3.33. The van der Waals surface area contributed by atoms with E-state index >= 15 is 0 Å². The lowest BCUT2D eigenvalue weighted by atomic mass is 10.1. The van der Waals surface area contributed by atoms with E-state index in [4.69, 9.17) is 9.15 Å². The quantitative estimate of drug-likeness (QED) is 0.802. The second-order valence-corrected chi connectivity index (χ2v) is 8.49. The lowest BCUT2D eigenvalue weighted by molar-refractivity contribution is -0.134. The Hall–Kier alpha value is -2.77. The molecule has 2 aromatic heterocycles. The van der Waals surface area contributed by atoms with Gasteiger partial charge in [0, 0.05) is 12.7 Å². The molecule has 8 heteroatoms. The number of carbonyl (C=O) groups is 2. The van der Waals surface area contributed by atoms with Crippen LogP contribution in [0.5, 0.6) is 0 Å². The van der Waals surface area contributed by atoms with E-state index in [1.807, 2.05) is 17.8 Å². The van der Waals surface area contributed by atoms with Gasteiger partial charge >= 0.3 is 6.09 Å². The van der Waals surface area contributed by atoms with E-state index in [1.54, 1.807) is 44.9 Å². The molecule has 0 saturated carbocycles. The standard InChI is InChI=1S/C21H30N4O4/c1-14(22-20(27)29-21(2,3)4)19(26)25(12-15-8-7-11-28-15)13-17-16-9-6-10-18(16)24(5)23-17/h7-8,11,14H,6,9-10,12-13H2,1-5H3,(H,22,27). The number of carbonyl (C=O) groups excluding carboxylic acids is 2. The van der Waals surface area contributed by atoms with E-state index in [0.717, 1.165) is 25.0 Å². The maximum Gasteiger partial charge on any atom is 0.408 e. The number of hydrogen-bond donors (Lipinski definition) is 1. The number of nitrogens with one attached hydrogen (secondary N) is 1. The Morgan fingerprint density at radius 2 is 2.10 bits per heavy atom. The molecule has 29 heavy (non-hydrogen) atoms. The number of rotatable bonds is 6. The fourth-order valence-electron chi connectivity index (χ4n) is 3.63. The molecule has 2 amide bonds. The van der Waals surface area contributed by atoms with E-state index < -0.39 is 17.7 Å². The van der Waals surface area contributed by atoms with Gasteiger partial charge in [-0.25, -0.2) is 4.79 Å². The fourth-order valence-corrected chi connectivity index (χ4v) is 3.63. The highest BCUT2D eigenvalue weighted by Crippen LogP contribution is 2.26. The van der Waals surface area contributed by atoms with Crippen LogP contribution in [0.25, 0.3) is 0 Å². The molecule has 1 aliphatic carbocycles. The smallest absolute Gasteiger partial charge is 0.408 e. The van der Waals surface area contributed by atoms with Crippen LogP contribution in [0.1, 0.15) is 56.8 Å². The third-order valence-corrected chi connectivity index (χ3v) is 4.88. The van der Waals surface area contributed by atoms with Crippen molar-refractivity contribution in [3.05, 3.63) is 41.1 Å². The van der Waals surface area contributed by atoms with E-state index in [9.17, 15) is 9.59 Å². The first-order valence-corrected chi connectivity index (χ1v) is 9.98. The normalized spacial score (nSPS) is 14.4. The maximum absolute atomic E-state index is 13.2. The van der Waals surface area contributed by atoms with Gasteiger partial charge in [-0.2, -0.15) is 5.10 Å². The van der Waals surface area contributed by atoms with Crippen molar-refractivity contribution in [2.45, 2.75) is 71.7 Å². The SMILES string of the molecule is CC(NC(=O)OC(C)(C)C)C(=O)N(Cc1ccco1)Cc1nn(C)c2c1CCC2. The molecule has 1 unspecified atom stereocenters. The predicted octanol–water partition coefficient (Wildman–Crippen LogP) is 2.94. The molecule has 158 valence electrons. The molecule has 0 spiro atoms. The third kappa shape index (κ3) is 5.19. The van der Waals surface area contributed by atoms with Crippen molar-refractivity contribution >= 4 is 12.0 Å². The summed E-state index contributed by atoms with van der Waals surface area (Å²) in [4.78, 5) is 26.9.